The molecule has 1 unspecified atom stereocenters. The van der Waals surface area contributed by atoms with Crippen LogP contribution in [0, 0.1) is 0 Å². The molecule has 2 rings (SSSR count). The Balaban J connectivity index is 2.22. The molecule has 0 bridgehead atoms. The second-order valence-corrected chi connectivity index (χ2v) is 5.88. The number of hydrogen-bond acceptors (Lipinski definition) is 6. The third kappa shape index (κ3) is 3.26. The molecule has 5 nitrogen and oxygen atoms in total. The number of anilines is 2. The maximum Gasteiger partial charge on any atom is 0.158 e. The fourth-order valence-corrected chi connectivity index (χ4v) is 3.01. The van der Waals surface area contributed by atoms with E-state index in [0.29, 0.717) is 11.9 Å². The van der Waals surface area contributed by atoms with Crippen LogP contribution in [0.3, 0.4) is 0 Å². The zero-order chi connectivity index (χ0) is 13.0. The first-order chi connectivity index (χ1) is 8.72. The topological polar surface area (TPSA) is 50.3 Å². The maximum atomic E-state index is 5.12. The summed E-state index contributed by atoms with van der Waals surface area (Å²) in [5.74, 6) is 3.72. The summed E-state index contributed by atoms with van der Waals surface area (Å²) >= 11 is 2.02. The molecule has 0 aliphatic carbocycles. The van der Waals surface area contributed by atoms with Crippen LogP contribution < -0.4 is 10.2 Å². The third-order valence-electron chi connectivity index (χ3n) is 2.85. The van der Waals surface area contributed by atoms with E-state index in [1.807, 2.05) is 24.9 Å². The van der Waals surface area contributed by atoms with Gasteiger partial charge in [-0.05, 0) is 0 Å². The van der Waals surface area contributed by atoms with E-state index in [0.717, 1.165) is 36.3 Å². The zero-order valence-electron chi connectivity index (χ0n) is 11.1. The smallest absolute Gasteiger partial charge is 0.158 e. The van der Waals surface area contributed by atoms with Crippen molar-refractivity contribution in [2.75, 3.05) is 43.2 Å². The van der Waals surface area contributed by atoms with Gasteiger partial charge in [-0.2, -0.15) is 11.8 Å². The molecule has 0 saturated carbocycles. The molecule has 0 radical (unpaired) electrons. The second kappa shape index (κ2) is 6.24. The van der Waals surface area contributed by atoms with E-state index in [2.05, 4.69) is 27.1 Å². The van der Waals surface area contributed by atoms with E-state index in [1.165, 1.54) is 0 Å². The minimum Gasteiger partial charge on any atom is -0.377 e. The van der Waals surface area contributed by atoms with Gasteiger partial charge in [0.25, 0.3) is 0 Å². The van der Waals surface area contributed by atoms with Crippen LogP contribution in [0.1, 0.15) is 12.7 Å². The monoisotopic (exact) mass is 268 g/mol. The summed E-state index contributed by atoms with van der Waals surface area (Å²) in [6.07, 6.45) is 0. The van der Waals surface area contributed by atoms with Crippen LogP contribution in [0.25, 0.3) is 0 Å². The average molecular weight is 268 g/mol. The van der Waals surface area contributed by atoms with E-state index in [4.69, 9.17) is 4.74 Å². The lowest BCUT2D eigenvalue weighted by atomic mass is 10.3. The van der Waals surface area contributed by atoms with E-state index >= 15 is 0 Å². The molecule has 0 spiro atoms. The molecule has 18 heavy (non-hydrogen) atoms. The fourth-order valence-electron chi connectivity index (χ4n) is 1.99. The summed E-state index contributed by atoms with van der Waals surface area (Å²) < 4.78 is 5.12. The normalized spacial score (nSPS) is 19.9. The lowest BCUT2D eigenvalue weighted by Crippen LogP contribution is -2.37. The van der Waals surface area contributed by atoms with Gasteiger partial charge in [0.15, 0.2) is 5.82 Å². The van der Waals surface area contributed by atoms with Crippen molar-refractivity contribution in [3.05, 3.63) is 11.9 Å². The molecule has 100 valence electrons. The molecule has 1 aliphatic heterocycles. The molecule has 1 aromatic rings. The summed E-state index contributed by atoms with van der Waals surface area (Å²) in [6, 6.07) is 2.00. The van der Waals surface area contributed by atoms with Gasteiger partial charge >= 0.3 is 0 Å². The SMILES string of the molecule is CNc1cc(N2CCSC(C)C2)nc(COC)n1. The van der Waals surface area contributed by atoms with Crippen molar-refractivity contribution in [2.45, 2.75) is 18.8 Å². The number of thioether (sulfide) groups is 1. The summed E-state index contributed by atoms with van der Waals surface area (Å²) in [4.78, 5) is 11.3. The second-order valence-electron chi connectivity index (χ2n) is 4.34. The minimum atomic E-state index is 0.445. The Kier molecular flexibility index (Phi) is 4.66. The van der Waals surface area contributed by atoms with E-state index in [-0.39, 0.29) is 0 Å². The van der Waals surface area contributed by atoms with Crippen LogP contribution in [-0.2, 0) is 11.3 Å². The predicted octanol–water partition coefficient (Wildman–Crippen LogP) is 1.61. The number of nitrogens with one attached hydrogen (secondary N) is 1. The number of aromatic nitrogens is 2. The van der Waals surface area contributed by atoms with Gasteiger partial charge in [0.1, 0.15) is 18.2 Å². The zero-order valence-corrected chi connectivity index (χ0v) is 12.0. The summed E-state index contributed by atoms with van der Waals surface area (Å²) in [5.41, 5.74) is 0. The van der Waals surface area contributed by atoms with Crippen molar-refractivity contribution in [1.82, 2.24) is 9.97 Å². The first-order valence-corrected chi connectivity index (χ1v) is 7.19. The van der Waals surface area contributed by atoms with Gasteiger partial charge in [0, 0.05) is 44.3 Å². The Morgan fingerprint density at radius 3 is 3.06 bits per heavy atom. The average Bonchev–Trinajstić information content (AvgIpc) is 2.39. The molecule has 1 atom stereocenters. The molecule has 2 heterocycles. The first kappa shape index (κ1) is 13.4. The lowest BCUT2D eigenvalue weighted by Gasteiger charge is -2.31. The molecule has 1 aliphatic rings. The molecule has 0 amide bonds. The number of rotatable bonds is 4. The lowest BCUT2D eigenvalue weighted by molar-refractivity contribution is 0.178. The molecule has 1 aromatic heterocycles. The number of nitrogens with zero attached hydrogens (tertiary/aromatic N) is 3. The standard InChI is InChI=1S/C12H20N4OS/c1-9-7-16(4-5-18-9)12-6-10(13-2)14-11(15-12)8-17-3/h6,9H,4-5,7-8H2,1-3H3,(H,13,14,15). The highest BCUT2D eigenvalue weighted by molar-refractivity contribution is 8.00. The highest BCUT2D eigenvalue weighted by Gasteiger charge is 2.19. The van der Waals surface area contributed by atoms with Crippen LogP contribution in [0.15, 0.2) is 6.07 Å². The molecule has 0 aromatic carbocycles. The summed E-state index contributed by atoms with van der Waals surface area (Å²) in [6.45, 7) is 4.78. The van der Waals surface area contributed by atoms with Gasteiger partial charge in [0.2, 0.25) is 0 Å². The Morgan fingerprint density at radius 2 is 2.39 bits per heavy atom. The quantitative estimate of drug-likeness (QED) is 0.895. The Morgan fingerprint density at radius 1 is 1.56 bits per heavy atom. The summed E-state index contributed by atoms with van der Waals surface area (Å²) in [7, 11) is 3.53. The van der Waals surface area contributed by atoms with E-state index in [9.17, 15) is 0 Å². The highest BCUT2D eigenvalue weighted by Crippen LogP contribution is 2.23. The predicted molar refractivity (Wildman–Crippen MR) is 76.4 cm³/mol. The molecular formula is C12H20N4OS. The molecular weight excluding hydrogens is 248 g/mol. The van der Waals surface area contributed by atoms with Gasteiger partial charge in [-0.3, -0.25) is 0 Å². The number of methoxy groups -OCH3 is 1. The van der Waals surface area contributed by atoms with Gasteiger partial charge in [-0.15, -0.1) is 0 Å². The number of ether oxygens (including phenoxy) is 1. The van der Waals surface area contributed by atoms with Crippen LogP contribution in [0.5, 0.6) is 0 Å². The van der Waals surface area contributed by atoms with Gasteiger partial charge < -0.3 is 15.0 Å². The largest absolute Gasteiger partial charge is 0.377 e. The third-order valence-corrected chi connectivity index (χ3v) is 3.99. The molecule has 1 saturated heterocycles. The van der Waals surface area contributed by atoms with Crippen molar-refractivity contribution in [3.63, 3.8) is 0 Å². The van der Waals surface area contributed by atoms with Crippen molar-refractivity contribution < 1.29 is 4.74 Å². The van der Waals surface area contributed by atoms with Crippen molar-refractivity contribution in [2.24, 2.45) is 0 Å². The van der Waals surface area contributed by atoms with Crippen molar-refractivity contribution in [1.29, 1.82) is 0 Å². The Hall–Kier alpha value is -1.01. The molecule has 1 fully saturated rings. The Labute approximate surface area is 112 Å². The number of hydrogen-bond donors (Lipinski definition) is 1. The fraction of sp³-hybridized carbons (Fsp3) is 0.667. The van der Waals surface area contributed by atoms with Gasteiger partial charge in [-0.1, -0.05) is 6.92 Å². The Bertz CT molecular complexity index is 402. The van der Waals surface area contributed by atoms with Crippen LogP contribution in [0.4, 0.5) is 11.6 Å². The van der Waals surface area contributed by atoms with Crippen LogP contribution in [-0.4, -0.2) is 48.2 Å². The first-order valence-electron chi connectivity index (χ1n) is 6.14. The molecule has 1 N–H and O–H groups in total. The van der Waals surface area contributed by atoms with E-state index in [1.54, 1.807) is 7.11 Å². The van der Waals surface area contributed by atoms with Crippen LogP contribution >= 0.6 is 11.8 Å². The van der Waals surface area contributed by atoms with Gasteiger partial charge in [-0.25, -0.2) is 9.97 Å². The van der Waals surface area contributed by atoms with E-state index < -0.39 is 0 Å². The minimum absolute atomic E-state index is 0.445. The summed E-state index contributed by atoms with van der Waals surface area (Å²) in [5, 5.41) is 3.73. The highest BCUT2D eigenvalue weighted by atomic mass is 32.2. The van der Waals surface area contributed by atoms with Gasteiger partial charge in [0.05, 0.1) is 0 Å². The van der Waals surface area contributed by atoms with Crippen molar-refractivity contribution in [3.8, 4) is 0 Å². The molecule has 6 heteroatoms. The van der Waals surface area contributed by atoms with Crippen molar-refractivity contribution >= 4 is 23.4 Å². The maximum absolute atomic E-state index is 5.12. The van der Waals surface area contributed by atoms with Crippen LogP contribution in [0.2, 0.25) is 0 Å².